The molecule has 7 heteroatoms. The molecule has 0 unspecified atom stereocenters. The first-order chi connectivity index (χ1) is 8.97. The van der Waals surface area contributed by atoms with Gasteiger partial charge in [-0.25, -0.2) is 9.37 Å². The Morgan fingerprint density at radius 2 is 2.16 bits per heavy atom. The Morgan fingerprint density at radius 1 is 1.42 bits per heavy atom. The van der Waals surface area contributed by atoms with E-state index in [1.807, 2.05) is 0 Å². The van der Waals surface area contributed by atoms with Crippen molar-refractivity contribution in [2.45, 2.75) is 0 Å². The molecule has 0 saturated heterocycles. The van der Waals surface area contributed by atoms with E-state index in [-0.39, 0.29) is 22.5 Å². The third kappa shape index (κ3) is 3.21. The fraction of sp³-hybridized carbons (Fsp3) is 0. The lowest BCUT2D eigenvalue weighted by molar-refractivity contribution is 0.458. The van der Waals surface area contributed by atoms with Gasteiger partial charge in [0, 0.05) is 22.3 Å². The second-order valence-corrected chi connectivity index (χ2v) is 4.89. The van der Waals surface area contributed by atoms with Gasteiger partial charge in [0.25, 0.3) is 0 Å². The molecule has 1 aromatic carbocycles. The number of hydrogen-bond donors (Lipinski definition) is 2. The molecule has 0 aliphatic heterocycles. The van der Waals surface area contributed by atoms with E-state index in [2.05, 4.69) is 20.9 Å². The summed E-state index contributed by atoms with van der Waals surface area (Å²) in [5.41, 5.74) is 5.68. The van der Waals surface area contributed by atoms with Crippen LogP contribution in [0.5, 0.6) is 11.6 Å². The molecule has 0 bridgehead atoms. The lowest BCUT2D eigenvalue weighted by atomic mass is 10.2. The largest absolute Gasteiger partial charge is 0.437 e. The third-order valence-electron chi connectivity index (χ3n) is 2.20. The number of amidine groups is 1. The molecular weight excluding hydrogens is 337 g/mol. The van der Waals surface area contributed by atoms with Crippen molar-refractivity contribution >= 4 is 33.4 Å². The molecule has 0 aliphatic carbocycles. The van der Waals surface area contributed by atoms with Gasteiger partial charge in [0.15, 0.2) is 0 Å². The van der Waals surface area contributed by atoms with Crippen molar-refractivity contribution in [1.82, 2.24) is 4.98 Å². The highest BCUT2D eigenvalue weighted by Gasteiger charge is 2.12. The van der Waals surface area contributed by atoms with Gasteiger partial charge < -0.3 is 10.5 Å². The second kappa shape index (κ2) is 5.54. The van der Waals surface area contributed by atoms with E-state index < -0.39 is 5.82 Å². The van der Waals surface area contributed by atoms with Crippen molar-refractivity contribution in [1.29, 1.82) is 5.41 Å². The van der Waals surface area contributed by atoms with Crippen LogP contribution in [0.15, 0.2) is 34.9 Å². The number of nitrogens with zero attached hydrogens (tertiary/aromatic N) is 1. The standard InChI is InChI=1S/C12H8BrClFN3O/c13-6-3-7(15)5-8(4-6)19-12-10(14)9(11(16)17)1-2-18-12/h1-5H,(H3,16,17). The number of nitrogen functional groups attached to an aromatic ring is 1. The first-order valence-electron chi connectivity index (χ1n) is 5.10. The Balaban J connectivity index is 2.38. The van der Waals surface area contributed by atoms with Crippen molar-refractivity contribution in [3.05, 3.63) is 51.3 Å². The summed E-state index contributed by atoms with van der Waals surface area (Å²) >= 11 is 9.17. The fourth-order valence-corrected chi connectivity index (χ4v) is 2.10. The number of ether oxygens (including phenoxy) is 1. The molecule has 0 aliphatic rings. The summed E-state index contributed by atoms with van der Waals surface area (Å²) < 4.78 is 19.1. The van der Waals surface area contributed by atoms with Crippen LogP contribution in [0.1, 0.15) is 5.56 Å². The molecule has 3 N–H and O–H groups in total. The van der Waals surface area contributed by atoms with Crippen LogP contribution in [-0.4, -0.2) is 10.8 Å². The maximum absolute atomic E-state index is 13.2. The molecule has 98 valence electrons. The topological polar surface area (TPSA) is 72.0 Å². The predicted molar refractivity (Wildman–Crippen MR) is 74.4 cm³/mol. The number of rotatable bonds is 3. The molecule has 0 spiro atoms. The van der Waals surface area contributed by atoms with Gasteiger partial charge in [-0.05, 0) is 18.2 Å². The Morgan fingerprint density at radius 3 is 2.79 bits per heavy atom. The first-order valence-corrected chi connectivity index (χ1v) is 6.27. The average molecular weight is 345 g/mol. The van der Waals surface area contributed by atoms with E-state index in [1.165, 1.54) is 24.4 Å². The number of hydrogen-bond acceptors (Lipinski definition) is 3. The maximum atomic E-state index is 13.2. The van der Waals surface area contributed by atoms with Crippen LogP contribution in [-0.2, 0) is 0 Å². The van der Waals surface area contributed by atoms with Crippen LogP contribution >= 0.6 is 27.5 Å². The summed E-state index contributed by atoms with van der Waals surface area (Å²) in [6.45, 7) is 0. The van der Waals surface area contributed by atoms with E-state index in [1.54, 1.807) is 6.07 Å². The zero-order valence-electron chi connectivity index (χ0n) is 9.45. The summed E-state index contributed by atoms with van der Waals surface area (Å²) in [5.74, 6) is -0.352. The van der Waals surface area contributed by atoms with Crippen LogP contribution < -0.4 is 10.5 Å². The van der Waals surface area contributed by atoms with Crippen LogP contribution in [0, 0.1) is 11.2 Å². The molecular formula is C12H8BrClFN3O. The summed E-state index contributed by atoms with van der Waals surface area (Å²) in [6, 6.07) is 5.57. The molecule has 0 fully saturated rings. The van der Waals surface area contributed by atoms with Crippen LogP contribution in [0.2, 0.25) is 5.02 Å². The van der Waals surface area contributed by atoms with E-state index in [9.17, 15) is 4.39 Å². The zero-order valence-corrected chi connectivity index (χ0v) is 11.8. The van der Waals surface area contributed by atoms with Gasteiger partial charge in [0.1, 0.15) is 22.4 Å². The SMILES string of the molecule is N=C(N)c1ccnc(Oc2cc(F)cc(Br)c2)c1Cl. The minimum absolute atomic E-state index is 0.0619. The Bertz CT molecular complexity index is 631. The van der Waals surface area contributed by atoms with E-state index in [4.69, 9.17) is 27.5 Å². The number of aromatic nitrogens is 1. The van der Waals surface area contributed by atoms with Crippen molar-refractivity contribution in [3.8, 4) is 11.6 Å². The number of nitrogens with two attached hydrogens (primary N) is 1. The minimum Gasteiger partial charge on any atom is -0.437 e. The van der Waals surface area contributed by atoms with Gasteiger partial charge in [-0.3, -0.25) is 5.41 Å². The minimum atomic E-state index is -0.455. The van der Waals surface area contributed by atoms with Gasteiger partial charge in [-0.1, -0.05) is 27.5 Å². The molecule has 2 aromatic rings. The van der Waals surface area contributed by atoms with E-state index in [0.29, 0.717) is 10.0 Å². The lowest BCUT2D eigenvalue weighted by Gasteiger charge is -2.09. The number of nitrogens with one attached hydrogen (secondary N) is 1. The molecule has 0 amide bonds. The van der Waals surface area contributed by atoms with E-state index in [0.717, 1.165) is 0 Å². The smallest absolute Gasteiger partial charge is 0.238 e. The van der Waals surface area contributed by atoms with Gasteiger partial charge in [-0.2, -0.15) is 0 Å². The molecule has 1 heterocycles. The lowest BCUT2D eigenvalue weighted by Crippen LogP contribution is -2.12. The number of halogens is 3. The highest BCUT2D eigenvalue weighted by atomic mass is 79.9. The van der Waals surface area contributed by atoms with Gasteiger partial charge in [0.2, 0.25) is 5.88 Å². The summed E-state index contributed by atoms with van der Waals surface area (Å²) in [6.07, 6.45) is 1.41. The predicted octanol–water partition coefficient (Wildman–Crippen LogP) is 3.71. The Hall–Kier alpha value is -1.66. The van der Waals surface area contributed by atoms with Crippen LogP contribution in [0.25, 0.3) is 0 Å². The fourth-order valence-electron chi connectivity index (χ4n) is 1.40. The zero-order chi connectivity index (χ0) is 14.0. The van der Waals surface area contributed by atoms with Crippen molar-refractivity contribution in [3.63, 3.8) is 0 Å². The Kier molecular flexibility index (Phi) is 4.01. The maximum Gasteiger partial charge on any atom is 0.238 e. The highest BCUT2D eigenvalue weighted by molar-refractivity contribution is 9.10. The van der Waals surface area contributed by atoms with Gasteiger partial charge in [0.05, 0.1) is 0 Å². The highest BCUT2D eigenvalue weighted by Crippen LogP contribution is 2.31. The van der Waals surface area contributed by atoms with Crippen LogP contribution in [0.3, 0.4) is 0 Å². The van der Waals surface area contributed by atoms with Gasteiger partial charge >= 0.3 is 0 Å². The van der Waals surface area contributed by atoms with Crippen molar-refractivity contribution < 1.29 is 9.13 Å². The molecule has 0 radical (unpaired) electrons. The number of benzene rings is 1. The normalized spacial score (nSPS) is 10.3. The second-order valence-electron chi connectivity index (χ2n) is 3.60. The quantitative estimate of drug-likeness (QED) is 0.658. The summed E-state index contributed by atoms with van der Waals surface area (Å²) in [7, 11) is 0. The molecule has 0 saturated carbocycles. The Labute approximate surface area is 122 Å². The first kappa shape index (κ1) is 13.8. The van der Waals surface area contributed by atoms with Crippen molar-refractivity contribution in [2.75, 3.05) is 0 Å². The summed E-state index contributed by atoms with van der Waals surface area (Å²) in [4.78, 5) is 3.93. The average Bonchev–Trinajstić information content (AvgIpc) is 2.30. The summed E-state index contributed by atoms with van der Waals surface area (Å²) in [5, 5.41) is 7.47. The van der Waals surface area contributed by atoms with Crippen molar-refractivity contribution in [2.24, 2.45) is 5.73 Å². The molecule has 4 nitrogen and oxygen atoms in total. The van der Waals surface area contributed by atoms with E-state index >= 15 is 0 Å². The molecule has 19 heavy (non-hydrogen) atoms. The van der Waals surface area contributed by atoms with Crippen LogP contribution in [0.4, 0.5) is 4.39 Å². The van der Waals surface area contributed by atoms with Gasteiger partial charge in [-0.15, -0.1) is 0 Å². The molecule has 2 rings (SSSR count). The third-order valence-corrected chi connectivity index (χ3v) is 3.02. The monoisotopic (exact) mass is 343 g/mol. The molecule has 0 atom stereocenters. The molecule has 1 aromatic heterocycles. The number of pyridine rings is 1.